The fourth-order valence-electron chi connectivity index (χ4n) is 3.41. The number of benzene rings is 2. The van der Waals surface area contributed by atoms with Crippen LogP contribution in [-0.4, -0.2) is 41.0 Å². The number of halogens is 1. The third-order valence-electron chi connectivity index (χ3n) is 4.64. The van der Waals surface area contributed by atoms with E-state index in [9.17, 15) is 5.11 Å². The minimum Gasteiger partial charge on any atom is -0.491 e. The molecule has 0 saturated heterocycles. The lowest BCUT2D eigenvalue weighted by Gasteiger charge is -2.29. The van der Waals surface area contributed by atoms with Gasteiger partial charge in [-0.05, 0) is 43.1 Å². The van der Waals surface area contributed by atoms with Crippen LogP contribution in [0.1, 0.15) is 12.5 Å². The molecule has 2 aromatic carbocycles. The van der Waals surface area contributed by atoms with Crippen LogP contribution in [0.5, 0.6) is 5.75 Å². The van der Waals surface area contributed by atoms with Crippen LogP contribution in [-0.2, 0) is 6.54 Å². The molecular formula is C23H25ClN2O3S. The van der Waals surface area contributed by atoms with Crippen LogP contribution < -0.4 is 4.74 Å². The Kier molecular flexibility index (Phi) is 7.15. The molecule has 2 aromatic heterocycles. The summed E-state index contributed by atoms with van der Waals surface area (Å²) in [5.41, 5.74) is 2.78. The number of hydrogen-bond acceptors (Lipinski definition) is 6. The molecule has 0 fully saturated rings. The maximum Gasteiger partial charge on any atom is 0.178 e. The molecule has 0 aliphatic carbocycles. The maximum absolute atomic E-state index is 10.8. The zero-order valence-electron chi connectivity index (χ0n) is 16.9. The van der Waals surface area contributed by atoms with Gasteiger partial charge in [-0.2, -0.15) is 0 Å². The largest absolute Gasteiger partial charge is 0.491 e. The van der Waals surface area contributed by atoms with Gasteiger partial charge in [-0.25, -0.2) is 0 Å². The molecule has 1 N–H and O–H groups in total. The van der Waals surface area contributed by atoms with Crippen molar-refractivity contribution in [1.29, 1.82) is 0 Å². The van der Waals surface area contributed by atoms with Gasteiger partial charge >= 0.3 is 0 Å². The Morgan fingerprint density at radius 3 is 2.73 bits per heavy atom. The maximum atomic E-state index is 10.8. The number of nitrogens with zero attached hydrogens (tertiary/aromatic N) is 2. The highest BCUT2D eigenvalue weighted by molar-refractivity contribution is 7.17. The number of thiophene rings is 1. The van der Waals surface area contributed by atoms with E-state index in [0.717, 1.165) is 28.1 Å². The van der Waals surface area contributed by atoms with E-state index in [1.165, 1.54) is 5.56 Å². The Morgan fingerprint density at radius 2 is 1.93 bits per heavy atom. The third kappa shape index (κ3) is 5.40. The second-order valence-electron chi connectivity index (χ2n) is 7.62. The molecule has 0 bridgehead atoms. The van der Waals surface area contributed by atoms with Crippen LogP contribution >= 0.6 is 23.7 Å². The predicted octanol–water partition coefficient (Wildman–Crippen LogP) is 5.24. The minimum absolute atomic E-state index is 0. The summed E-state index contributed by atoms with van der Waals surface area (Å²) in [6, 6.07) is 19.9. The monoisotopic (exact) mass is 444 g/mol. The quantitative estimate of drug-likeness (QED) is 0.402. The first-order chi connectivity index (χ1) is 14.0. The lowest BCUT2D eigenvalue weighted by Crippen LogP contribution is -2.43. The molecule has 0 amide bonds. The number of likely N-dealkylation sites (N-methyl/N-ethyl adjacent to an activating group) is 1. The number of rotatable bonds is 8. The number of ether oxygens (including phenoxy) is 1. The highest BCUT2D eigenvalue weighted by atomic mass is 35.5. The van der Waals surface area contributed by atoms with Crippen molar-refractivity contribution in [2.45, 2.75) is 19.1 Å². The summed E-state index contributed by atoms with van der Waals surface area (Å²) >= 11 is 1.60. The summed E-state index contributed by atoms with van der Waals surface area (Å²) in [4.78, 5) is 2.10. The molecule has 7 heteroatoms. The molecule has 4 rings (SSSR count). The number of fused-ring (bicyclic) bond motifs is 1. The molecule has 0 unspecified atom stereocenters. The van der Waals surface area contributed by atoms with Crippen LogP contribution in [0.15, 0.2) is 70.6 Å². The van der Waals surface area contributed by atoms with Crippen LogP contribution in [0.3, 0.4) is 0 Å². The zero-order chi connectivity index (χ0) is 20.3. The molecular weight excluding hydrogens is 420 g/mol. The second kappa shape index (κ2) is 9.62. The molecule has 2 heterocycles. The highest BCUT2D eigenvalue weighted by Crippen LogP contribution is 2.33. The molecule has 158 valence electrons. The summed E-state index contributed by atoms with van der Waals surface area (Å²) in [7, 11) is 2.00. The van der Waals surface area contributed by atoms with E-state index in [0.29, 0.717) is 12.3 Å². The van der Waals surface area contributed by atoms with Gasteiger partial charge in [-0.3, -0.25) is 4.90 Å². The van der Waals surface area contributed by atoms with Gasteiger partial charge < -0.3 is 14.4 Å². The van der Waals surface area contributed by atoms with E-state index >= 15 is 0 Å². The van der Waals surface area contributed by atoms with Gasteiger partial charge in [0.05, 0.1) is 0 Å². The summed E-state index contributed by atoms with van der Waals surface area (Å²) in [6.07, 6.45) is 0. The van der Waals surface area contributed by atoms with E-state index < -0.39 is 5.60 Å². The predicted molar refractivity (Wildman–Crippen MR) is 123 cm³/mol. The molecule has 0 radical (unpaired) electrons. The Balaban J connectivity index is 0.00000256. The topological polar surface area (TPSA) is 58.7 Å². The summed E-state index contributed by atoms with van der Waals surface area (Å²) < 4.78 is 12.3. The van der Waals surface area contributed by atoms with Gasteiger partial charge in [0, 0.05) is 18.7 Å². The van der Waals surface area contributed by atoms with Crippen molar-refractivity contribution in [3.05, 3.63) is 71.6 Å². The van der Waals surface area contributed by atoms with Gasteiger partial charge in [0.2, 0.25) is 0 Å². The van der Waals surface area contributed by atoms with Crippen molar-refractivity contribution in [2.24, 2.45) is 0 Å². The van der Waals surface area contributed by atoms with E-state index in [1.54, 1.807) is 18.3 Å². The van der Waals surface area contributed by atoms with Crippen molar-refractivity contribution in [2.75, 3.05) is 20.2 Å². The molecule has 1 atom stereocenters. The molecule has 0 saturated carbocycles. The van der Waals surface area contributed by atoms with Crippen LogP contribution in [0, 0.1) is 0 Å². The number of aliphatic hydroxyl groups is 1. The van der Waals surface area contributed by atoms with E-state index in [2.05, 4.69) is 22.2 Å². The normalized spacial score (nSPS) is 13.2. The average Bonchev–Trinajstić information content (AvgIpc) is 3.31. The molecule has 0 spiro atoms. The summed E-state index contributed by atoms with van der Waals surface area (Å²) in [5, 5.41) is 17.0. The minimum atomic E-state index is -0.978. The van der Waals surface area contributed by atoms with Gasteiger partial charge in [0.25, 0.3) is 0 Å². The highest BCUT2D eigenvalue weighted by Gasteiger charge is 2.24. The lowest BCUT2D eigenvalue weighted by molar-refractivity contribution is -0.0137. The van der Waals surface area contributed by atoms with Gasteiger partial charge in [-0.15, -0.1) is 23.7 Å². The third-order valence-corrected chi connectivity index (χ3v) is 5.54. The first kappa shape index (κ1) is 22.3. The van der Waals surface area contributed by atoms with Crippen molar-refractivity contribution in [1.82, 2.24) is 10.1 Å². The van der Waals surface area contributed by atoms with Crippen molar-refractivity contribution in [3.63, 3.8) is 0 Å². The zero-order valence-corrected chi connectivity index (χ0v) is 18.6. The SMILES string of the molecule is CN(Cc1ccccc1)C[C@@](C)(O)COc1cccc(-c2noc3ccsc23)c1.Cl. The fourth-order valence-corrected chi connectivity index (χ4v) is 4.23. The number of hydrogen-bond donors (Lipinski definition) is 1. The Labute approximate surface area is 186 Å². The van der Waals surface area contributed by atoms with Crippen molar-refractivity contribution in [3.8, 4) is 17.0 Å². The van der Waals surface area contributed by atoms with E-state index in [4.69, 9.17) is 9.26 Å². The molecule has 4 aromatic rings. The van der Waals surface area contributed by atoms with Gasteiger partial charge in [0.1, 0.15) is 28.4 Å². The Morgan fingerprint density at radius 1 is 1.13 bits per heavy atom. The van der Waals surface area contributed by atoms with Crippen LogP contribution in [0.2, 0.25) is 0 Å². The Bertz CT molecular complexity index is 1080. The second-order valence-corrected chi connectivity index (χ2v) is 8.53. The first-order valence-corrected chi connectivity index (χ1v) is 10.4. The van der Waals surface area contributed by atoms with Crippen molar-refractivity contribution < 1.29 is 14.4 Å². The van der Waals surface area contributed by atoms with Crippen molar-refractivity contribution >= 4 is 34.0 Å². The van der Waals surface area contributed by atoms with Crippen LogP contribution in [0.25, 0.3) is 21.5 Å². The fraction of sp³-hybridized carbons (Fsp3) is 0.261. The standard InChI is InChI=1S/C23H24N2O3S.ClH/c1-23(26,15-25(2)14-17-7-4-3-5-8-17)16-27-19-10-6-9-18(13-19)21-22-20(28-24-21)11-12-29-22;/h3-13,26H,14-16H2,1-2H3;1H/t23-;/m1./s1. The summed E-state index contributed by atoms with van der Waals surface area (Å²) in [6.45, 7) is 3.27. The lowest BCUT2D eigenvalue weighted by atomic mass is 10.1. The Hall–Kier alpha value is -2.38. The smallest absolute Gasteiger partial charge is 0.178 e. The van der Waals surface area contributed by atoms with Crippen LogP contribution in [0.4, 0.5) is 0 Å². The number of aromatic nitrogens is 1. The first-order valence-electron chi connectivity index (χ1n) is 9.51. The van der Waals surface area contributed by atoms with E-state index in [1.807, 2.05) is 61.0 Å². The molecule has 0 aliphatic rings. The van der Waals surface area contributed by atoms with Gasteiger partial charge in [-0.1, -0.05) is 47.6 Å². The average molecular weight is 445 g/mol. The molecule has 0 aliphatic heterocycles. The van der Waals surface area contributed by atoms with E-state index in [-0.39, 0.29) is 19.0 Å². The molecule has 30 heavy (non-hydrogen) atoms. The molecule has 5 nitrogen and oxygen atoms in total. The van der Waals surface area contributed by atoms with Gasteiger partial charge in [0.15, 0.2) is 5.58 Å². The summed E-state index contributed by atoms with van der Waals surface area (Å²) in [5.74, 6) is 0.696.